The average molecular weight is 357 g/mol. The molecule has 0 aliphatic heterocycles. The largest absolute Gasteiger partial charge is 0.351 e. The fourth-order valence-electron chi connectivity index (χ4n) is 2.69. The van der Waals surface area contributed by atoms with Gasteiger partial charge in [0.2, 0.25) is 10.0 Å². The van der Waals surface area contributed by atoms with Gasteiger partial charge in [0.1, 0.15) is 0 Å². The summed E-state index contributed by atoms with van der Waals surface area (Å²) in [6.45, 7) is 0.590. The monoisotopic (exact) mass is 356 g/mol. The summed E-state index contributed by atoms with van der Waals surface area (Å²) >= 11 is 1.92. The Bertz CT molecular complexity index is 626. The maximum Gasteiger partial charge on any atom is 0.253 e. The summed E-state index contributed by atoms with van der Waals surface area (Å²) in [5.74, 6) is 0.638. The highest BCUT2D eigenvalue weighted by atomic mass is 32.2. The van der Waals surface area contributed by atoms with E-state index in [2.05, 4.69) is 10.0 Å². The average Bonchev–Trinajstić information content (AvgIpc) is 2.51. The quantitative estimate of drug-likeness (QED) is 0.737. The van der Waals surface area contributed by atoms with E-state index in [1.807, 2.05) is 11.8 Å². The standard InChI is InChI=1S/C16H24N2O3S2/c1-23(20,21)18-15-10-6-5-9-14(15)16(19)17-11-12-22-13-7-3-2-4-8-13/h5-6,9-10,13,18H,2-4,7-8,11-12H2,1H3,(H,17,19). The molecular weight excluding hydrogens is 332 g/mol. The van der Waals surface area contributed by atoms with Crippen molar-refractivity contribution in [3.63, 3.8) is 0 Å². The number of thioether (sulfide) groups is 1. The Morgan fingerprint density at radius 2 is 1.91 bits per heavy atom. The number of carbonyl (C=O) groups is 1. The maximum absolute atomic E-state index is 12.2. The van der Waals surface area contributed by atoms with Gasteiger partial charge < -0.3 is 5.32 Å². The zero-order valence-corrected chi connectivity index (χ0v) is 15.0. The lowest BCUT2D eigenvalue weighted by molar-refractivity contribution is 0.0957. The van der Waals surface area contributed by atoms with Gasteiger partial charge >= 0.3 is 0 Å². The van der Waals surface area contributed by atoms with Gasteiger partial charge in [-0.3, -0.25) is 9.52 Å². The number of hydrogen-bond acceptors (Lipinski definition) is 4. The second-order valence-electron chi connectivity index (χ2n) is 5.81. The highest BCUT2D eigenvalue weighted by Gasteiger charge is 2.15. The molecule has 0 saturated heterocycles. The first kappa shape index (κ1) is 18.1. The van der Waals surface area contributed by atoms with Crippen LogP contribution < -0.4 is 10.0 Å². The Kier molecular flexibility index (Phi) is 6.77. The smallest absolute Gasteiger partial charge is 0.253 e. The van der Waals surface area contributed by atoms with Crippen molar-refractivity contribution in [3.8, 4) is 0 Å². The van der Waals surface area contributed by atoms with E-state index in [-0.39, 0.29) is 5.91 Å². The molecule has 0 spiro atoms. The summed E-state index contributed by atoms with van der Waals surface area (Å²) in [5, 5.41) is 3.59. The lowest BCUT2D eigenvalue weighted by atomic mass is 10.0. The lowest BCUT2D eigenvalue weighted by Crippen LogP contribution is -2.27. The Hall–Kier alpha value is -1.21. The number of rotatable bonds is 7. The van der Waals surface area contributed by atoms with Gasteiger partial charge in [-0.1, -0.05) is 31.4 Å². The van der Waals surface area contributed by atoms with E-state index < -0.39 is 10.0 Å². The van der Waals surface area contributed by atoms with Crippen molar-refractivity contribution in [1.82, 2.24) is 5.32 Å². The zero-order chi connectivity index (χ0) is 16.7. The first-order valence-electron chi connectivity index (χ1n) is 7.92. The fourth-order valence-corrected chi connectivity index (χ4v) is 4.48. The summed E-state index contributed by atoms with van der Waals surface area (Å²) in [4.78, 5) is 12.2. The molecule has 0 aromatic heterocycles. The normalized spacial score (nSPS) is 16.0. The molecule has 7 heteroatoms. The predicted octanol–water partition coefficient (Wildman–Crippen LogP) is 2.85. The minimum atomic E-state index is -3.41. The second kappa shape index (κ2) is 8.59. The van der Waals surface area contributed by atoms with Crippen LogP contribution in [-0.2, 0) is 10.0 Å². The molecule has 1 saturated carbocycles. The van der Waals surface area contributed by atoms with Crippen LogP contribution in [0.15, 0.2) is 24.3 Å². The van der Waals surface area contributed by atoms with E-state index in [0.29, 0.717) is 17.8 Å². The van der Waals surface area contributed by atoms with Gasteiger partial charge in [0.05, 0.1) is 17.5 Å². The zero-order valence-electron chi connectivity index (χ0n) is 13.4. The van der Waals surface area contributed by atoms with Crippen LogP contribution in [0.3, 0.4) is 0 Å². The van der Waals surface area contributed by atoms with Crippen LogP contribution in [0.25, 0.3) is 0 Å². The van der Waals surface area contributed by atoms with E-state index in [4.69, 9.17) is 0 Å². The number of nitrogens with one attached hydrogen (secondary N) is 2. The minimum absolute atomic E-state index is 0.249. The molecule has 0 heterocycles. The highest BCUT2D eigenvalue weighted by molar-refractivity contribution is 7.99. The van der Waals surface area contributed by atoms with Crippen LogP contribution in [0.1, 0.15) is 42.5 Å². The van der Waals surface area contributed by atoms with E-state index in [0.717, 1.165) is 17.3 Å². The van der Waals surface area contributed by atoms with E-state index in [1.165, 1.54) is 32.1 Å². The fraction of sp³-hybridized carbons (Fsp3) is 0.562. The van der Waals surface area contributed by atoms with Crippen molar-refractivity contribution >= 4 is 33.4 Å². The number of anilines is 1. The molecule has 0 bridgehead atoms. The maximum atomic E-state index is 12.2. The Morgan fingerprint density at radius 1 is 1.22 bits per heavy atom. The molecule has 128 valence electrons. The first-order valence-corrected chi connectivity index (χ1v) is 10.9. The van der Waals surface area contributed by atoms with Crippen molar-refractivity contribution < 1.29 is 13.2 Å². The topological polar surface area (TPSA) is 75.3 Å². The Balaban J connectivity index is 1.83. The highest BCUT2D eigenvalue weighted by Crippen LogP contribution is 2.27. The Labute approximate surface area is 142 Å². The molecule has 1 amide bonds. The van der Waals surface area contributed by atoms with Crippen LogP contribution in [0.2, 0.25) is 0 Å². The number of carbonyl (C=O) groups excluding carboxylic acids is 1. The van der Waals surface area contributed by atoms with Crippen molar-refractivity contribution in [2.75, 3.05) is 23.3 Å². The van der Waals surface area contributed by atoms with Crippen LogP contribution in [0.4, 0.5) is 5.69 Å². The predicted molar refractivity (Wildman–Crippen MR) is 96.6 cm³/mol. The summed E-state index contributed by atoms with van der Waals surface area (Å²) < 4.78 is 25.1. The van der Waals surface area contributed by atoms with Gasteiger partial charge in [0.25, 0.3) is 5.91 Å². The van der Waals surface area contributed by atoms with Gasteiger partial charge in [-0.2, -0.15) is 11.8 Å². The van der Waals surface area contributed by atoms with Crippen molar-refractivity contribution in [2.45, 2.75) is 37.4 Å². The van der Waals surface area contributed by atoms with E-state index in [9.17, 15) is 13.2 Å². The number of amides is 1. The molecule has 2 N–H and O–H groups in total. The van der Waals surface area contributed by atoms with Crippen molar-refractivity contribution in [1.29, 1.82) is 0 Å². The number of sulfonamides is 1. The molecular formula is C16H24N2O3S2. The van der Waals surface area contributed by atoms with Crippen LogP contribution in [-0.4, -0.2) is 38.1 Å². The SMILES string of the molecule is CS(=O)(=O)Nc1ccccc1C(=O)NCCSC1CCCCC1. The molecule has 0 atom stereocenters. The third-order valence-electron chi connectivity index (χ3n) is 3.76. The van der Waals surface area contributed by atoms with Gasteiger partial charge in [0, 0.05) is 17.5 Å². The number of hydrogen-bond donors (Lipinski definition) is 2. The van der Waals surface area contributed by atoms with Crippen molar-refractivity contribution in [2.24, 2.45) is 0 Å². The second-order valence-corrected chi connectivity index (χ2v) is 8.96. The summed E-state index contributed by atoms with van der Waals surface area (Å²) in [6, 6.07) is 6.63. The molecule has 23 heavy (non-hydrogen) atoms. The molecule has 1 aliphatic rings. The molecule has 1 fully saturated rings. The van der Waals surface area contributed by atoms with E-state index in [1.54, 1.807) is 24.3 Å². The number of para-hydroxylation sites is 1. The molecule has 5 nitrogen and oxygen atoms in total. The molecule has 0 unspecified atom stereocenters. The van der Waals surface area contributed by atoms with Crippen LogP contribution in [0, 0.1) is 0 Å². The van der Waals surface area contributed by atoms with Crippen LogP contribution in [0.5, 0.6) is 0 Å². The minimum Gasteiger partial charge on any atom is -0.351 e. The summed E-state index contributed by atoms with van der Waals surface area (Å²) in [5.41, 5.74) is 0.660. The van der Waals surface area contributed by atoms with Gasteiger partial charge in [0.15, 0.2) is 0 Å². The van der Waals surface area contributed by atoms with E-state index >= 15 is 0 Å². The number of benzene rings is 1. The summed E-state index contributed by atoms with van der Waals surface area (Å²) in [7, 11) is -3.41. The van der Waals surface area contributed by atoms with Gasteiger partial charge in [-0.15, -0.1) is 0 Å². The molecule has 1 aromatic carbocycles. The summed E-state index contributed by atoms with van der Waals surface area (Å²) in [6.07, 6.45) is 7.60. The molecule has 1 aromatic rings. The third kappa shape index (κ3) is 6.43. The molecule has 1 aliphatic carbocycles. The molecule has 0 radical (unpaired) electrons. The Morgan fingerprint density at radius 3 is 2.61 bits per heavy atom. The van der Waals surface area contributed by atoms with Gasteiger partial charge in [-0.25, -0.2) is 8.42 Å². The van der Waals surface area contributed by atoms with Crippen LogP contribution >= 0.6 is 11.8 Å². The molecule has 2 rings (SSSR count). The first-order chi connectivity index (χ1) is 11.0. The third-order valence-corrected chi connectivity index (χ3v) is 5.73. The van der Waals surface area contributed by atoms with Gasteiger partial charge in [-0.05, 0) is 25.0 Å². The van der Waals surface area contributed by atoms with Crippen molar-refractivity contribution in [3.05, 3.63) is 29.8 Å². The lowest BCUT2D eigenvalue weighted by Gasteiger charge is -2.21.